The third kappa shape index (κ3) is 3.15. The first-order valence-corrected chi connectivity index (χ1v) is 6.52. The van der Waals surface area contributed by atoms with Crippen LogP contribution < -0.4 is 11.1 Å². The number of nitrogen functional groups attached to an aromatic ring is 1. The molecule has 0 heterocycles. The van der Waals surface area contributed by atoms with Gasteiger partial charge in [0.05, 0.1) is 17.3 Å². The summed E-state index contributed by atoms with van der Waals surface area (Å²) < 4.78 is 13.0. The molecule has 0 radical (unpaired) electrons. The molecular formula is C16H17FN2O. The quantitative estimate of drug-likeness (QED) is 0.836. The number of carbonyl (C=O) groups excluding carboxylic acids is 1. The Balaban J connectivity index is 2.18. The average molecular weight is 272 g/mol. The van der Waals surface area contributed by atoms with Gasteiger partial charge in [-0.25, -0.2) is 4.39 Å². The van der Waals surface area contributed by atoms with Crippen molar-refractivity contribution in [3.63, 3.8) is 0 Å². The lowest BCUT2D eigenvalue weighted by atomic mass is 9.95. The van der Waals surface area contributed by atoms with Crippen molar-refractivity contribution < 1.29 is 9.18 Å². The van der Waals surface area contributed by atoms with Crippen LogP contribution >= 0.6 is 0 Å². The Morgan fingerprint density at radius 2 is 1.95 bits per heavy atom. The van der Waals surface area contributed by atoms with E-state index in [9.17, 15) is 9.18 Å². The highest BCUT2D eigenvalue weighted by Gasteiger charge is 2.19. The molecule has 2 rings (SSSR count). The molecule has 2 aromatic rings. The maximum atomic E-state index is 13.0. The molecule has 104 valence electrons. The van der Waals surface area contributed by atoms with Crippen LogP contribution in [0, 0.1) is 5.82 Å². The minimum atomic E-state index is -0.421. The molecule has 0 saturated heterocycles. The topological polar surface area (TPSA) is 55.1 Å². The summed E-state index contributed by atoms with van der Waals surface area (Å²) in [6.45, 7) is 1.95. The number of nitrogens with two attached hydrogens (primary N) is 1. The molecule has 0 aliphatic rings. The first kappa shape index (κ1) is 14.1. The van der Waals surface area contributed by atoms with E-state index in [1.54, 1.807) is 0 Å². The third-order valence-electron chi connectivity index (χ3n) is 3.20. The summed E-state index contributed by atoms with van der Waals surface area (Å²) in [6.07, 6.45) is 0.678. The van der Waals surface area contributed by atoms with Gasteiger partial charge in [-0.3, -0.25) is 4.79 Å². The Labute approximate surface area is 117 Å². The number of anilines is 2. The summed E-state index contributed by atoms with van der Waals surface area (Å²) >= 11 is 0. The van der Waals surface area contributed by atoms with E-state index >= 15 is 0 Å². The Bertz CT molecular complexity index is 599. The van der Waals surface area contributed by atoms with Crippen LogP contribution in [0.15, 0.2) is 48.5 Å². The van der Waals surface area contributed by atoms with E-state index in [1.165, 1.54) is 18.2 Å². The summed E-state index contributed by atoms with van der Waals surface area (Å²) in [5.41, 5.74) is 7.31. The van der Waals surface area contributed by atoms with Gasteiger partial charge in [-0.15, -0.1) is 0 Å². The van der Waals surface area contributed by atoms with Crippen LogP contribution in [0.25, 0.3) is 0 Å². The van der Waals surface area contributed by atoms with Gasteiger partial charge >= 0.3 is 0 Å². The van der Waals surface area contributed by atoms with Gasteiger partial charge in [0.15, 0.2) is 0 Å². The molecular weight excluding hydrogens is 255 g/mol. The Hall–Kier alpha value is -2.36. The summed E-state index contributed by atoms with van der Waals surface area (Å²) in [5, 5.41) is 2.76. The number of hydrogen-bond acceptors (Lipinski definition) is 2. The van der Waals surface area contributed by atoms with E-state index in [4.69, 9.17) is 5.73 Å². The monoisotopic (exact) mass is 272 g/mol. The van der Waals surface area contributed by atoms with E-state index in [0.29, 0.717) is 12.1 Å². The Kier molecular flexibility index (Phi) is 4.35. The van der Waals surface area contributed by atoms with E-state index in [0.717, 1.165) is 5.56 Å². The van der Waals surface area contributed by atoms with Crippen molar-refractivity contribution >= 4 is 17.3 Å². The third-order valence-corrected chi connectivity index (χ3v) is 3.20. The van der Waals surface area contributed by atoms with Crippen LogP contribution in [0.3, 0.4) is 0 Å². The lowest BCUT2D eigenvalue weighted by Crippen LogP contribution is -2.21. The van der Waals surface area contributed by atoms with Gasteiger partial charge < -0.3 is 11.1 Å². The van der Waals surface area contributed by atoms with E-state index in [1.807, 2.05) is 37.3 Å². The first-order chi connectivity index (χ1) is 9.61. The van der Waals surface area contributed by atoms with Gasteiger partial charge in [0.1, 0.15) is 5.82 Å². The van der Waals surface area contributed by atoms with Crippen LogP contribution in [0.4, 0.5) is 15.8 Å². The highest BCUT2D eigenvalue weighted by atomic mass is 19.1. The second kappa shape index (κ2) is 6.19. The SMILES string of the molecule is CCC(C(=O)Nc1ccc(F)cc1N)c1ccccc1. The fraction of sp³-hybridized carbons (Fsp3) is 0.188. The van der Waals surface area contributed by atoms with E-state index in [2.05, 4.69) is 5.32 Å². The van der Waals surface area contributed by atoms with Crippen LogP contribution in [0.5, 0.6) is 0 Å². The molecule has 3 nitrogen and oxygen atoms in total. The van der Waals surface area contributed by atoms with E-state index in [-0.39, 0.29) is 17.5 Å². The first-order valence-electron chi connectivity index (χ1n) is 6.52. The number of nitrogens with one attached hydrogen (secondary N) is 1. The summed E-state index contributed by atoms with van der Waals surface area (Å²) in [5.74, 6) is -0.812. The lowest BCUT2D eigenvalue weighted by molar-refractivity contribution is -0.117. The van der Waals surface area contributed by atoms with Crippen LogP contribution in [-0.4, -0.2) is 5.91 Å². The molecule has 3 N–H and O–H groups in total. The minimum absolute atomic E-state index is 0.142. The van der Waals surface area contributed by atoms with Crippen molar-refractivity contribution in [3.8, 4) is 0 Å². The molecule has 0 bridgehead atoms. The summed E-state index contributed by atoms with van der Waals surface area (Å²) in [4.78, 5) is 12.3. The number of hydrogen-bond donors (Lipinski definition) is 2. The van der Waals surface area contributed by atoms with Crippen molar-refractivity contribution in [3.05, 3.63) is 59.9 Å². The highest BCUT2D eigenvalue weighted by Crippen LogP contribution is 2.24. The normalized spacial score (nSPS) is 11.9. The Morgan fingerprint density at radius 1 is 1.25 bits per heavy atom. The van der Waals surface area contributed by atoms with Crippen LogP contribution in [-0.2, 0) is 4.79 Å². The highest BCUT2D eigenvalue weighted by molar-refractivity contribution is 5.98. The molecule has 0 aromatic heterocycles. The molecule has 1 amide bonds. The van der Waals surface area contributed by atoms with Crippen LogP contribution in [0.1, 0.15) is 24.8 Å². The van der Waals surface area contributed by atoms with Gasteiger partial charge in [-0.2, -0.15) is 0 Å². The van der Waals surface area contributed by atoms with E-state index < -0.39 is 5.82 Å². The predicted molar refractivity (Wildman–Crippen MR) is 78.9 cm³/mol. The van der Waals surface area contributed by atoms with Crippen molar-refractivity contribution in [2.24, 2.45) is 0 Å². The van der Waals surface area contributed by atoms with Crippen LogP contribution in [0.2, 0.25) is 0 Å². The predicted octanol–water partition coefficient (Wildman–Crippen LogP) is 3.54. The van der Waals surface area contributed by atoms with Gasteiger partial charge in [0.25, 0.3) is 0 Å². The summed E-state index contributed by atoms with van der Waals surface area (Å²) in [7, 11) is 0. The molecule has 0 saturated carbocycles. The number of carbonyl (C=O) groups is 1. The fourth-order valence-electron chi connectivity index (χ4n) is 2.13. The molecule has 0 spiro atoms. The number of halogens is 1. The van der Waals surface area contributed by atoms with Crippen molar-refractivity contribution in [2.45, 2.75) is 19.3 Å². The molecule has 20 heavy (non-hydrogen) atoms. The minimum Gasteiger partial charge on any atom is -0.397 e. The molecule has 0 aliphatic carbocycles. The molecule has 1 unspecified atom stereocenters. The maximum Gasteiger partial charge on any atom is 0.231 e. The zero-order valence-electron chi connectivity index (χ0n) is 11.3. The smallest absolute Gasteiger partial charge is 0.231 e. The van der Waals surface area contributed by atoms with Crippen molar-refractivity contribution in [1.29, 1.82) is 0 Å². The number of benzene rings is 2. The Morgan fingerprint density at radius 3 is 2.55 bits per heavy atom. The largest absolute Gasteiger partial charge is 0.397 e. The van der Waals surface area contributed by atoms with Crippen molar-refractivity contribution in [2.75, 3.05) is 11.1 Å². The van der Waals surface area contributed by atoms with Gasteiger partial charge in [-0.05, 0) is 30.2 Å². The van der Waals surface area contributed by atoms with Gasteiger partial charge in [0, 0.05) is 0 Å². The van der Waals surface area contributed by atoms with Gasteiger partial charge in [-0.1, -0.05) is 37.3 Å². The standard InChI is InChI=1S/C16H17FN2O/c1-2-13(11-6-4-3-5-7-11)16(20)19-15-9-8-12(17)10-14(15)18/h3-10,13H,2,18H2,1H3,(H,19,20). The van der Waals surface area contributed by atoms with Crippen molar-refractivity contribution in [1.82, 2.24) is 0 Å². The fourth-order valence-corrected chi connectivity index (χ4v) is 2.13. The second-order valence-electron chi connectivity index (χ2n) is 4.59. The molecule has 0 fully saturated rings. The zero-order chi connectivity index (χ0) is 14.5. The lowest BCUT2D eigenvalue weighted by Gasteiger charge is -2.16. The molecule has 1 atom stereocenters. The average Bonchev–Trinajstić information content (AvgIpc) is 2.44. The number of amides is 1. The molecule has 0 aliphatic heterocycles. The zero-order valence-corrected chi connectivity index (χ0v) is 11.3. The maximum absolute atomic E-state index is 13.0. The molecule has 2 aromatic carbocycles. The second-order valence-corrected chi connectivity index (χ2v) is 4.59. The summed E-state index contributed by atoms with van der Waals surface area (Å²) in [6, 6.07) is 13.5. The molecule has 4 heteroatoms. The van der Waals surface area contributed by atoms with Gasteiger partial charge in [0.2, 0.25) is 5.91 Å². The number of rotatable bonds is 4.